The zero-order chi connectivity index (χ0) is 18.7. The number of aliphatic imine (C=N–C) groups is 1. The number of aromatic nitrogens is 2. The van der Waals surface area contributed by atoms with Crippen LogP contribution in [0.2, 0.25) is 19.6 Å². The van der Waals surface area contributed by atoms with Gasteiger partial charge in [0.1, 0.15) is 11.4 Å². The molecule has 3 rings (SSSR count). The van der Waals surface area contributed by atoms with Gasteiger partial charge in [-0.1, -0.05) is 36.4 Å². The van der Waals surface area contributed by atoms with Crippen molar-refractivity contribution in [3.63, 3.8) is 0 Å². The molecule has 3 aromatic rings. The van der Waals surface area contributed by atoms with Crippen LogP contribution in [0.5, 0.6) is 5.75 Å². The van der Waals surface area contributed by atoms with Crippen molar-refractivity contribution in [3.8, 4) is 5.75 Å². The number of hydrogen-bond donors (Lipinski definition) is 0. The highest BCUT2D eigenvalue weighted by Gasteiger charge is 2.19. The van der Waals surface area contributed by atoms with Crippen molar-refractivity contribution in [2.75, 3.05) is 0 Å². The van der Waals surface area contributed by atoms with E-state index in [1.807, 2.05) is 60.3 Å². The molecule has 0 fully saturated rings. The highest BCUT2D eigenvalue weighted by atomic mass is 28.4. The fourth-order valence-corrected chi connectivity index (χ4v) is 3.43. The summed E-state index contributed by atoms with van der Waals surface area (Å²) < 4.78 is 8.12. The Labute approximate surface area is 156 Å². The topological polar surface area (TPSA) is 39.4 Å². The van der Waals surface area contributed by atoms with Crippen LogP contribution in [0.3, 0.4) is 0 Å². The molecule has 2 aromatic carbocycles. The lowest BCUT2D eigenvalue weighted by molar-refractivity contribution is 0.558. The second kappa shape index (κ2) is 7.29. The van der Waals surface area contributed by atoms with Gasteiger partial charge in [-0.15, -0.1) is 0 Å². The SMILES string of the molecule is Cc1ccc(N=C(c2ccccc2)n2ccc(C)n2)c(O[Si](C)(C)C)c1. The van der Waals surface area contributed by atoms with E-state index in [1.165, 1.54) is 0 Å². The minimum absolute atomic E-state index is 0.781. The molecule has 0 saturated heterocycles. The summed E-state index contributed by atoms with van der Waals surface area (Å²) in [5.41, 5.74) is 3.95. The summed E-state index contributed by atoms with van der Waals surface area (Å²) >= 11 is 0. The lowest BCUT2D eigenvalue weighted by atomic mass is 10.2. The quantitative estimate of drug-likeness (QED) is 0.356. The molecule has 5 heteroatoms. The van der Waals surface area contributed by atoms with Crippen LogP contribution in [0.1, 0.15) is 16.8 Å². The number of rotatable bonds is 4. The number of aryl methyl sites for hydroxylation is 2. The molecule has 0 spiro atoms. The third-order valence-corrected chi connectivity index (χ3v) is 4.56. The maximum Gasteiger partial charge on any atom is 0.242 e. The van der Waals surface area contributed by atoms with Crippen LogP contribution in [-0.4, -0.2) is 23.9 Å². The standard InChI is InChI=1S/C21H25N3OSi/c1-16-11-12-19(20(15-16)25-26(3,4)5)22-21(18-9-7-6-8-10-18)24-14-13-17(2)23-24/h6-15H,1-5H3. The molecule has 0 unspecified atom stereocenters. The van der Waals surface area contributed by atoms with Crippen molar-refractivity contribution in [1.29, 1.82) is 0 Å². The first kappa shape index (κ1) is 18.1. The van der Waals surface area contributed by atoms with Crippen LogP contribution in [0.4, 0.5) is 5.69 Å². The molecule has 0 atom stereocenters. The van der Waals surface area contributed by atoms with E-state index in [4.69, 9.17) is 9.42 Å². The van der Waals surface area contributed by atoms with E-state index in [0.29, 0.717) is 0 Å². The van der Waals surface area contributed by atoms with Crippen LogP contribution < -0.4 is 4.43 Å². The molecular formula is C21H25N3OSi. The van der Waals surface area contributed by atoms with E-state index in [1.54, 1.807) is 0 Å². The summed E-state index contributed by atoms with van der Waals surface area (Å²) in [6.07, 6.45) is 1.94. The Morgan fingerprint density at radius 2 is 1.73 bits per heavy atom. The van der Waals surface area contributed by atoms with E-state index >= 15 is 0 Å². The molecule has 1 heterocycles. The van der Waals surface area contributed by atoms with Gasteiger partial charge in [-0.05, 0) is 57.3 Å². The van der Waals surface area contributed by atoms with Crippen molar-refractivity contribution < 1.29 is 4.43 Å². The average Bonchev–Trinajstić information content (AvgIpc) is 3.00. The van der Waals surface area contributed by atoms with Gasteiger partial charge in [0, 0.05) is 11.8 Å². The molecule has 0 amide bonds. The zero-order valence-electron chi connectivity index (χ0n) is 16.0. The van der Waals surface area contributed by atoms with Gasteiger partial charge in [0.2, 0.25) is 8.32 Å². The summed E-state index contributed by atoms with van der Waals surface area (Å²) in [4.78, 5) is 4.95. The minimum Gasteiger partial charge on any atom is -0.543 e. The lowest BCUT2D eigenvalue weighted by Crippen LogP contribution is -2.29. The van der Waals surface area contributed by atoms with Crippen molar-refractivity contribution in [2.45, 2.75) is 33.5 Å². The molecule has 0 bridgehead atoms. The summed E-state index contributed by atoms with van der Waals surface area (Å²) in [7, 11) is -1.75. The maximum atomic E-state index is 6.29. The van der Waals surface area contributed by atoms with E-state index < -0.39 is 8.32 Å². The van der Waals surface area contributed by atoms with Gasteiger partial charge in [-0.2, -0.15) is 5.10 Å². The monoisotopic (exact) mass is 363 g/mol. The predicted octanol–water partition coefficient (Wildman–Crippen LogP) is 5.34. The zero-order valence-corrected chi connectivity index (χ0v) is 17.0. The van der Waals surface area contributed by atoms with Crippen LogP contribution in [0, 0.1) is 13.8 Å². The van der Waals surface area contributed by atoms with E-state index in [9.17, 15) is 0 Å². The van der Waals surface area contributed by atoms with Crippen LogP contribution in [-0.2, 0) is 0 Å². The first-order chi connectivity index (χ1) is 12.3. The van der Waals surface area contributed by atoms with Crippen molar-refractivity contribution in [2.24, 2.45) is 4.99 Å². The molecule has 0 saturated carbocycles. The molecular weight excluding hydrogens is 338 g/mol. The van der Waals surface area contributed by atoms with Gasteiger partial charge in [0.05, 0.1) is 5.69 Å². The Morgan fingerprint density at radius 3 is 2.35 bits per heavy atom. The summed E-state index contributed by atoms with van der Waals surface area (Å²) in [5, 5.41) is 4.56. The number of benzene rings is 2. The third-order valence-electron chi connectivity index (χ3n) is 3.73. The van der Waals surface area contributed by atoms with E-state index in [0.717, 1.165) is 34.1 Å². The van der Waals surface area contributed by atoms with Gasteiger partial charge >= 0.3 is 0 Å². The molecule has 0 aliphatic carbocycles. The molecule has 26 heavy (non-hydrogen) atoms. The molecule has 0 radical (unpaired) electrons. The van der Waals surface area contributed by atoms with Gasteiger partial charge in [0.15, 0.2) is 5.84 Å². The van der Waals surface area contributed by atoms with Crippen molar-refractivity contribution in [1.82, 2.24) is 9.78 Å². The minimum atomic E-state index is -1.75. The Balaban J connectivity index is 2.14. The van der Waals surface area contributed by atoms with Gasteiger partial charge in [-0.25, -0.2) is 9.67 Å². The second-order valence-corrected chi connectivity index (χ2v) is 11.8. The number of nitrogens with zero attached hydrogens (tertiary/aromatic N) is 3. The fourth-order valence-electron chi connectivity index (χ4n) is 2.61. The smallest absolute Gasteiger partial charge is 0.242 e. The first-order valence-corrected chi connectivity index (χ1v) is 12.2. The second-order valence-electron chi connectivity index (χ2n) is 7.39. The Bertz CT molecular complexity index is 924. The maximum absolute atomic E-state index is 6.29. The van der Waals surface area contributed by atoms with Crippen LogP contribution in [0.15, 0.2) is 65.8 Å². The van der Waals surface area contributed by atoms with E-state index in [-0.39, 0.29) is 0 Å². The normalized spacial score (nSPS) is 12.3. The molecule has 0 N–H and O–H groups in total. The summed E-state index contributed by atoms with van der Waals surface area (Å²) in [5.74, 6) is 1.62. The Morgan fingerprint density at radius 1 is 1.00 bits per heavy atom. The fraction of sp³-hybridized carbons (Fsp3) is 0.238. The number of hydrogen-bond acceptors (Lipinski definition) is 3. The van der Waals surface area contributed by atoms with E-state index in [2.05, 4.69) is 43.8 Å². The van der Waals surface area contributed by atoms with Gasteiger partial charge < -0.3 is 4.43 Å². The molecule has 4 nitrogen and oxygen atoms in total. The molecule has 134 valence electrons. The predicted molar refractivity (Wildman–Crippen MR) is 110 cm³/mol. The summed E-state index contributed by atoms with van der Waals surface area (Å²) in [6, 6.07) is 18.2. The van der Waals surface area contributed by atoms with Crippen molar-refractivity contribution >= 4 is 19.8 Å². The van der Waals surface area contributed by atoms with Gasteiger partial charge in [0.25, 0.3) is 0 Å². The molecule has 0 aliphatic heterocycles. The molecule has 0 aliphatic rings. The molecule has 1 aromatic heterocycles. The van der Waals surface area contributed by atoms with Crippen molar-refractivity contribution in [3.05, 3.63) is 77.6 Å². The van der Waals surface area contributed by atoms with Gasteiger partial charge in [-0.3, -0.25) is 0 Å². The third kappa shape index (κ3) is 4.49. The highest BCUT2D eigenvalue weighted by molar-refractivity contribution is 6.70. The Kier molecular flexibility index (Phi) is 5.09. The van der Waals surface area contributed by atoms with Crippen LogP contribution in [0.25, 0.3) is 0 Å². The highest BCUT2D eigenvalue weighted by Crippen LogP contribution is 2.31. The summed E-state index contributed by atoms with van der Waals surface area (Å²) in [6.45, 7) is 10.6. The first-order valence-electron chi connectivity index (χ1n) is 8.78. The van der Waals surface area contributed by atoms with Crippen LogP contribution >= 0.6 is 0 Å². The average molecular weight is 364 g/mol. The Hall–Kier alpha value is -2.66. The largest absolute Gasteiger partial charge is 0.543 e. The lowest BCUT2D eigenvalue weighted by Gasteiger charge is -2.21.